The molecular formula is C27H41NO11. The maximum Gasteiger partial charge on any atom is 0.513 e. The molecule has 0 spiro atoms. The highest BCUT2D eigenvalue weighted by molar-refractivity contribution is 5.76. The zero-order valence-corrected chi connectivity index (χ0v) is 23.6. The number of rotatable bonds is 15. The van der Waals surface area contributed by atoms with E-state index in [0.717, 1.165) is 12.8 Å². The molecule has 0 aliphatic rings. The van der Waals surface area contributed by atoms with Gasteiger partial charge in [-0.3, -0.25) is 4.79 Å². The lowest BCUT2D eigenvalue weighted by Crippen LogP contribution is -2.39. The van der Waals surface area contributed by atoms with Crippen LogP contribution >= 0.6 is 0 Å². The Labute approximate surface area is 229 Å². The van der Waals surface area contributed by atoms with Gasteiger partial charge in [-0.1, -0.05) is 32.8 Å². The van der Waals surface area contributed by atoms with E-state index >= 15 is 0 Å². The molecule has 1 unspecified atom stereocenters. The number of carbonyl (C=O) groups excluding carboxylic acids is 4. The first-order valence-corrected chi connectivity index (χ1v) is 13.1. The summed E-state index contributed by atoms with van der Waals surface area (Å²) in [6.45, 7) is 10.7. The van der Waals surface area contributed by atoms with Gasteiger partial charge in [0.05, 0.1) is 19.3 Å². The van der Waals surface area contributed by atoms with Crippen molar-refractivity contribution in [2.24, 2.45) is 5.73 Å². The Morgan fingerprint density at radius 1 is 0.744 bits per heavy atom. The fraction of sp³-hybridized carbons (Fsp3) is 0.630. The first-order valence-electron chi connectivity index (χ1n) is 13.1. The van der Waals surface area contributed by atoms with Crippen LogP contribution in [0.25, 0.3) is 0 Å². The maximum absolute atomic E-state index is 12.6. The summed E-state index contributed by atoms with van der Waals surface area (Å²) in [6, 6.07) is 3.24. The SMILES string of the molecule is CCCCOC(=O)Oc1ccc(C[C@H](N)C(=O)O[C@@H](C)C(C)OC(=O)OC(C)C)cc1OC(=O)OCCCC. The Kier molecular flexibility index (Phi) is 15.3. The predicted octanol–water partition coefficient (Wildman–Crippen LogP) is 5.07. The van der Waals surface area contributed by atoms with Crippen LogP contribution in [0.15, 0.2) is 18.2 Å². The third-order valence-corrected chi connectivity index (χ3v) is 5.17. The third-order valence-electron chi connectivity index (χ3n) is 5.17. The first kappa shape index (κ1) is 33.5. The summed E-state index contributed by atoms with van der Waals surface area (Å²) in [6.07, 6.45) is -1.77. The quantitative estimate of drug-likeness (QED) is 0.133. The summed E-state index contributed by atoms with van der Waals surface area (Å²) in [4.78, 5) is 48.4. The van der Waals surface area contributed by atoms with E-state index in [1.165, 1.54) is 12.1 Å². The van der Waals surface area contributed by atoms with Crippen molar-refractivity contribution in [3.63, 3.8) is 0 Å². The van der Waals surface area contributed by atoms with Crippen molar-refractivity contribution in [2.45, 2.75) is 98.0 Å². The zero-order chi connectivity index (χ0) is 29.4. The maximum atomic E-state index is 12.6. The van der Waals surface area contributed by atoms with E-state index in [0.29, 0.717) is 18.4 Å². The van der Waals surface area contributed by atoms with Crippen LogP contribution in [0.3, 0.4) is 0 Å². The molecule has 0 fully saturated rings. The molecule has 0 aliphatic carbocycles. The second-order valence-electron chi connectivity index (χ2n) is 9.08. The van der Waals surface area contributed by atoms with Crippen LogP contribution in [-0.2, 0) is 34.9 Å². The number of benzene rings is 1. The normalized spacial score (nSPS) is 13.0. The highest BCUT2D eigenvalue weighted by atomic mass is 16.8. The van der Waals surface area contributed by atoms with Gasteiger partial charge in [0.25, 0.3) is 0 Å². The second-order valence-corrected chi connectivity index (χ2v) is 9.08. The van der Waals surface area contributed by atoms with Crippen molar-refractivity contribution < 1.29 is 52.3 Å². The lowest BCUT2D eigenvalue weighted by molar-refractivity contribution is -0.155. The monoisotopic (exact) mass is 555 g/mol. The van der Waals surface area contributed by atoms with Gasteiger partial charge < -0.3 is 38.9 Å². The molecule has 0 aromatic heterocycles. The molecule has 220 valence electrons. The predicted molar refractivity (Wildman–Crippen MR) is 140 cm³/mol. The molecule has 0 bridgehead atoms. The molecule has 12 nitrogen and oxygen atoms in total. The lowest BCUT2D eigenvalue weighted by atomic mass is 10.1. The van der Waals surface area contributed by atoms with E-state index in [9.17, 15) is 19.2 Å². The molecule has 1 aromatic carbocycles. The van der Waals surface area contributed by atoms with Crippen molar-refractivity contribution in [3.05, 3.63) is 23.8 Å². The number of hydrogen-bond acceptors (Lipinski definition) is 12. The highest BCUT2D eigenvalue weighted by Gasteiger charge is 2.26. The minimum Gasteiger partial charge on any atom is -0.458 e. The number of ether oxygens (including phenoxy) is 7. The van der Waals surface area contributed by atoms with Crippen LogP contribution in [0.1, 0.15) is 72.8 Å². The van der Waals surface area contributed by atoms with Gasteiger partial charge in [-0.25, -0.2) is 14.4 Å². The average molecular weight is 556 g/mol. The van der Waals surface area contributed by atoms with Gasteiger partial charge in [0.2, 0.25) is 0 Å². The van der Waals surface area contributed by atoms with Crippen LogP contribution in [0, 0.1) is 0 Å². The summed E-state index contributed by atoms with van der Waals surface area (Å²) in [5.41, 5.74) is 6.53. The average Bonchev–Trinajstić information content (AvgIpc) is 2.85. The molecule has 0 saturated heterocycles. The molecule has 1 rings (SSSR count). The summed E-state index contributed by atoms with van der Waals surface area (Å²) in [5.74, 6) is -0.922. The first-order chi connectivity index (χ1) is 18.5. The standard InChI is InChI=1S/C27H41NO11/c1-7-9-13-33-25(30)38-22-12-11-20(16-23(22)39-26(31)34-14-10-8-2)15-21(28)24(29)36-18(5)19(6)37-27(32)35-17(3)4/h11-12,16-19,21H,7-10,13-15,28H2,1-6H3/t18-,19?,21-/m0/s1. The zero-order valence-electron chi connectivity index (χ0n) is 23.6. The molecule has 39 heavy (non-hydrogen) atoms. The van der Waals surface area contributed by atoms with E-state index < -0.39 is 42.7 Å². The number of hydrogen-bond donors (Lipinski definition) is 1. The molecule has 0 saturated carbocycles. The van der Waals surface area contributed by atoms with Crippen LogP contribution in [0.2, 0.25) is 0 Å². The largest absolute Gasteiger partial charge is 0.513 e. The molecule has 0 heterocycles. The minimum atomic E-state index is -1.10. The molecular weight excluding hydrogens is 514 g/mol. The Morgan fingerprint density at radius 3 is 1.82 bits per heavy atom. The molecule has 1 aromatic rings. The fourth-order valence-corrected chi connectivity index (χ4v) is 2.85. The van der Waals surface area contributed by atoms with Crippen molar-refractivity contribution >= 4 is 24.4 Å². The molecule has 12 heteroatoms. The highest BCUT2D eigenvalue weighted by Crippen LogP contribution is 2.30. The molecule has 2 N–H and O–H groups in total. The van der Waals surface area contributed by atoms with E-state index in [2.05, 4.69) is 0 Å². The van der Waals surface area contributed by atoms with Crippen molar-refractivity contribution in [1.82, 2.24) is 0 Å². The summed E-state index contributed by atoms with van der Waals surface area (Å²) in [7, 11) is 0. The number of unbranched alkanes of at least 4 members (excludes halogenated alkanes) is 2. The van der Waals surface area contributed by atoms with Gasteiger partial charge in [0.15, 0.2) is 11.5 Å². The second kappa shape index (κ2) is 17.9. The van der Waals surface area contributed by atoms with Gasteiger partial charge >= 0.3 is 24.4 Å². The Balaban J connectivity index is 2.88. The number of carbonyl (C=O) groups is 4. The van der Waals surface area contributed by atoms with Crippen LogP contribution in [-0.4, -0.2) is 62.0 Å². The Hall–Kier alpha value is -3.54. The van der Waals surface area contributed by atoms with E-state index in [-0.39, 0.29) is 37.2 Å². The van der Waals surface area contributed by atoms with Gasteiger partial charge in [0.1, 0.15) is 18.2 Å². The number of nitrogens with two attached hydrogens (primary N) is 1. The van der Waals surface area contributed by atoms with Crippen LogP contribution in [0.5, 0.6) is 11.5 Å². The van der Waals surface area contributed by atoms with E-state index in [4.69, 9.17) is 38.9 Å². The Bertz CT molecular complexity index is 934. The Morgan fingerprint density at radius 2 is 1.28 bits per heavy atom. The van der Waals surface area contributed by atoms with Crippen molar-refractivity contribution in [2.75, 3.05) is 13.2 Å². The summed E-state index contributed by atoms with van der Waals surface area (Å²) >= 11 is 0. The van der Waals surface area contributed by atoms with Gasteiger partial charge in [-0.2, -0.15) is 0 Å². The van der Waals surface area contributed by atoms with Crippen LogP contribution < -0.4 is 15.2 Å². The lowest BCUT2D eigenvalue weighted by Gasteiger charge is -2.22. The summed E-state index contributed by atoms with van der Waals surface area (Å²) in [5, 5.41) is 0. The topological polar surface area (TPSA) is 159 Å². The van der Waals surface area contributed by atoms with Crippen molar-refractivity contribution in [3.8, 4) is 11.5 Å². The van der Waals surface area contributed by atoms with Gasteiger partial charge in [0, 0.05) is 0 Å². The van der Waals surface area contributed by atoms with Gasteiger partial charge in [-0.05, 0) is 64.7 Å². The molecule has 0 radical (unpaired) electrons. The van der Waals surface area contributed by atoms with Crippen molar-refractivity contribution in [1.29, 1.82) is 0 Å². The smallest absolute Gasteiger partial charge is 0.458 e. The fourth-order valence-electron chi connectivity index (χ4n) is 2.85. The summed E-state index contributed by atoms with van der Waals surface area (Å²) < 4.78 is 35.8. The van der Waals surface area contributed by atoms with Crippen LogP contribution in [0.4, 0.5) is 14.4 Å². The molecule has 3 atom stereocenters. The van der Waals surface area contributed by atoms with E-state index in [1.54, 1.807) is 33.8 Å². The van der Waals surface area contributed by atoms with E-state index in [1.807, 2.05) is 13.8 Å². The van der Waals surface area contributed by atoms with Gasteiger partial charge in [-0.15, -0.1) is 0 Å². The third kappa shape index (κ3) is 13.7. The number of esters is 1. The molecule has 0 aliphatic heterocycles. The minimum absolute atomic E-state index is 0.00134. The molecule has 0 amide bonds.